The van der Waals surface area contributed by atoms with Gasteiger partial charge in [-0.3, -0.25) is 4.79 Å². The van der Waals surface area contributed by atoms with Crippen molar-refractivity contribution in [2.24, 2.45) is 17.1 Å². The first-order valence-electron chi connectivity index (χ1n) is 6.25. The van der Waals surface area contributed by atoms with Crippen molar-refractivity contribution in [1.82, 2.24) is 4.90 Å². The summed E-state index contributed by atoms with van der Waals surface area (Å²) in [6.07, 6.45) is 2.86. The fourth-order valence-corrected chi connectivity index (χ4v) is 2.99. The van der Waals surface area contributed by atoms with Gasteiger partial charge >= 0.3 is 0 Å². The molecule has 1 saturated heterocycles. The van der Waals surface area contributed by atoms with E-state index in [4.69, 9.17) is 10.5 Å². The molecule has 1 saturated carbocycles. The highest BCUT2D eigenvalue weighted by Gasteiger charge is 2.48. The lowest BCUT2D eigenvalue weighted by atomic mass is 9.62. The molecule has 0 unspecified atom stereocenters. The Kier molecular flexibility index (Phi) is 3.50. The van der Waals surface area contributed by atoms with Crippen molar-refractivity contribution in [3.63, 3.8) is 0 Å². The molecule has 2 fully saturated rings. The quantitative estimate of drug-likeness (QED) is 0.750. The third-order valence-corrected chi connectivity index (χ3v) is 3.83. The largest absolute Gasteiger partial charge is 0.380 e. The molecule has 1 heterocycles. The predicted molar refractivity (Wildman–Crippen MR) is 61.9 cm³/mol. The standard InChI is InChI=1S/C12H22N2O2/c1-10-7-12(8-10,9-13)11(15)14-3-2-5-16-6-4-14/h10H,2-9,13H2,1H3. The van der Waals surface area contributed by atoms with E-state index in [1.54, 1.807) is 0 Å². The van der Waals surface area contributed by atoms with E-state index in [-0.39, 0.29) is 11.3 Å². The summed E-state index contributed by atoms with van der Waals surface area (Å²) in [5.41, 5.74) is 5.55. The Labute approximate surface area is 97.1 Å². The molecule has 4 heteroatoms. The van der Waals surface area contributed by atoms with E-state index in [9.17, 15) is 4.79 Å². The normalized spacial score (nSPS) is 35.4. The Morgan fingerprint density at radius 3 is 2.81 bits per heavy atom. The Bertz CT molecular complexity index is 254. The molecule has 0 bridgehead atoms. The second kappa shape index (κ2) is 4.72. The number of carbonyl (C=O) groups excluding carboxylic acids is 1. The molecule has 92 valence electrons. The maximum absolute atomic E-state index is 12.4. The molecule has 1 aliphatic carbocycles. The van der Waals surface area contributed by atoms with Crippen LogP contribution in [-0.4, -0.2) is 43.7 Å². The highest BCUT2D eigenvalue weighted by Crippen LogP contribution is 2.46. The van der Waals surface area contributed by atoms with Crippen LogP contribution in [0, 0.1) is 11.3 Å². The van der Waals surface area contributed by atoms with Crippen molar-refractivity contribution in [2.75, 3.05) is 32.8 Å². The van der Waals surface area contributed by atoms with Crippen molar-refractivity contribution in [3.8, 4) is 0 Å². The molecule has 1 amide bonds. The molecule has 2 N–H and O–H groups in total. The van der Waals surface area contributed by atoms with E-state index in [1.807, 2.05) is 4.90 Å². The van der Waals surface area contributed by atoms with E-state index in [2.05, 4.69) is 6.92 Å². The summed E-state index contributed by atoms with van der Waals surface area (Å²) in [6, 6.07) is 0. The van der Waals surface area contributed by atoms with Crippen molar-refractivity contribution < 1.29 is 9.53 Å². The van der Waals surface area contributed by atoms with Gasteiger partial charge in [0, 0.05) is 26.2 Å². The monoisotopic (exact) mass is 226 g/mol. The summed E-state index contributed by atoms with van der Waals surface area (Å²) in [4.78, 5) is 14.4. The fraction of sp³-hybridized carbons (Fsp3) is 0.917. The number of amides is 1. The smallest absolute Gasteiger partial charge is 0.230 e. The molecule has 1 aliphatic heterocycles. The van der Waals surface area contributed by atoms with Crippen LogP contribution in [0.3, 0.4) is 0 Å². The summed E-state index contributed by atoms with van der Waals surface area (Å²) in [6.45, 7) is 5.68. The van der Waals surface area contributed by atoms with Crippen molar-refractivity contribution in [3.05, 3.63) is 0 Å². The van der Waals surface area contributed by atoms with Gasteiger partial charge in [0.25, 0.3) is 0 Å². The fourth-order valence-electron chi connectivity index (χ4n) is 2.99. The molecule has 16 heavy (non-hydrogen) atoms. The summed E-state index contributed by atoms with van der Waals surface area (Å²) >= 11 is 0. The minimum Gasteiger partial charge on any atom is -0.380 e. The summed E-state index contributed by atoms with van der Waals surface area (Å²) in [5.74, 6) is 0.911. The Balaban J connectivity index is 1.99. The third-order valence-electron chi connectivity index (χ3n) is 3.83. The highest BCUT2D eigenvalue weighted by molar-refractivity contribution is 5.84. The van der Waals surface area contributed by atoms with Crippen molar-refractivity contribution in [1.29, 1.82) is 0 Å². The second-order valence-corrected chi connectivity index (χ2v) is 5.26. The molecular weight excluding hydrogens is 204 g/mol. The third kappa shape index (κ3) is 2.09. The number of ether oxygens (including phenoxy) is 1. The Hall–Kier alpha value is -0.610. The Morgan fingerprint density at radius 2 is 2.19 bits per heavy atom. The molecule has 0 radical (unpaired) electrons. The molecule has 2 aliphatic rings. The van der Waals surface area contributed by atoms with Crippen LogP contribution in [0.5, 0.6) is 0 Å². The van der Waals surface area contributed by atoms with Crippen LogP contribution >= 0.6 is 0 Å². The van der Waals surface area contributed by atoms with Gasteiger partial charge in [0.2, 0.25) is 5.91 Å². The average Bonchev–Trinajstić information content (AvgIpc) is 2.52. The van der Waals surface area contributed by atoms with Gasteiger partial charge in [0.15, 0.2) is 0 Å². The lowest BCUT2D eigenvalue weighted by Gasteiger charge is -2.46. The van der Waals surface area contributed by atoms with Crippen LogP contribution in [0.15, 0.2) is 0 Å². The zero-order valence-electron chi connectivity index (χ0n) is 10.1. The molecule has 2 rings (SSSR count). The van der Waals surface area contributed by atoms with Gasteiger partial charge in [-0.15, -0.1) is 0 Å². The molecule has 0 aromatic rings. The van der Waals surface area contributed by atoms with Gasteiger partial charge in [-0.25, -0.2) is 0 Å². The molecular formula is C12H22N2O2. The van der Waals surface area contributed by atoms with Crippen LogP contribution in [0.4, 0.5) is 0 Å². The van der Waals surface area contributed by atoms with E-state index in [0.717, 1.165) is 39.0 Å². The van der Waals surface area contributed by atoms with E-state index in [0.29, 0.717) is 19.1 Å². The van der Waals surface area contributed by atoms with Gasteiger partial charge in [-0.2, -0.15) is 0 Å². The lowest BCUT2D eigenvalue weighted by Crippen LogP contribution is -2.55. The van der Waals surface area contributed by atoms with Gasteiger partial charge in [0.05, 0.1) is 12.0 Å². The number of nitrogens with zero attached hydrogens (tertiary/aromatic N) is 1. The molecule has 0 spiro atoms. The average molecular weight is 226 g/mol. The number of carbonyl (C=O) groups is 1. The molecule has 0 aromatic carbocycles. The first kappa shape index (κ1) is 11.9. The zero-order chi connectivity index (χ0) is 11.6. The summed E-state index contributed by atoms with van der Waals surface area (Å²) in [5, 5.41) is 0. The molecule has 0 aromatic heterocycles. The van der Waals surface area contributed by atoms with E-state index >= 15 is 0 Å². The molecule has 0 atom stereocenters. The van der Waals surface area contributed by atoms with Gasteiger partial charge in [-0.05, 0) is 25.2 Å². The van der Waals surface area contributed by atoms with Gasteiger partial charge < -0.3 is 15.4 Å². The van der Waals surface area contributed by atoms with Crippen LogP contribution < -0.4 is 5.73 Å². The number of rotatable bonds is 2. The van der Waals surface area contributed by atoms with Crippen molar-refractivity contribution in [2.45, 2.75) is 26.2 Å². The number of nitrogens with two attached hydrogens (primary N) is 1. The summed E-state index contributed by atoms with van der Waals surface area (Å²) < 4.78 is 5.37. The van der Waals surface area contributed by atoms with Crippen LogP contribution in [0.1, 0.15) is 26.2 Å². The lowest BCUT2D eigenvalue weighted by molar-refractivity contribution is -0.149. The van der Waals surface area contributed by atoms with Gasteiger partial charge in [-0.1, -0.05) is 6.92 Å². The topological polar surface area (TPSA) is 55.6 Å². The molecule has 4 nitrogen and oxygen atoms in total. The minimum absolute atomic E-state index is 0.246. The zero-order valence-corrected chi connectivity index (χ0v) is 10.1. The highest BCUT2D eigenvalue weighted by atomic mass is 16.5. The number of hydrogen-bond acceptors (Lipinski definition) is 3. The van der Waals surface area contributed by atoms with Crippen LogP contribution in [0.2, 0.25) is 0 Å². The SMILES string of the molecule is CC1CC(CN)(C(=O)N2CCCOCC2)C1. The van der Waals surface area contributed by atoms with Gasteiger partial charge in [0.1, 0.15) is 0 Å². The Morgan fingerprint density at radius 1 is 1.44 bits per heavy atom. The predicted octanol–water partition coefficient (Wildman–Crippen LogP) is 0.610. The van der Waals surface area contributed by atoms with Crippen LogP contribution in [-0.2, 0) is 9.53 Å². The number of hydrogen-bond donors (Lipinski definition) is 1. The second-order valence-electron chi connectivity index (χ2n) is 5.26. The maximum Gasteiger partial charge on any atom is 0.230 e. The first-order valence-corrected chi connectivity index (χ1v) is 6.25. The van der Waals surface area contributed by atoms with Crippen molar-refractivity contribution >= 4 is 5.91 Å². The van der Waals surface area contributed by atoms with E-state index in [1.165, 1.54) is 0 Å². The minimum atomic E-state index is -0.246. The van der Waals surface area contributed by atoms with E-state index < -0.39 is 0 Å². The van der Waals surface area contributed by atoms with Crippen LogP contribution in [0.25, 0.3) is 0 Å². The first-order chi connectivity index (χ1) is 7.68. The maximum atomic E-state index is 12.4. The summed E-state index contributed by atoms with van der Waals surface area (Å²) in [7, 11) is 0.